The number of alkyl halides is 1. The quantitative estimate of drug-likeness (QED) is 0.519. The molecule has 2 aliphatic rings. The van der Waals surface area contributed by atoms with E-state index in [1.807, 2.05) is 0 Å². The lowest BCUT2D eigenvalue weighted by Gasteiger charge is -2.23. The molecular weight excluding hydrogens is 117 g/mol. The summed E-state index contributed by atoms with van der Waals surface area (Å²) in [6.45, 7) is 0. The van der Waals surface area contributed by atoms with Crippen LogP contribution in [0.15, 0.2) is 0 Å². The molecule has 0 saturated carbocycles. The second-order valence-corrected chi connectivity index (χ2v) is 3.14. The Morgan fingerprint density at radius 1 is 1.11 bits per heavy atom. The number of piperidine rings is 1. The third kappa shape index (κ3) is 0.855. The van der Waals surface area contributed by atoms with Gasteiger partial charge in [0, 0.05) is 12.1 Å². The minimum absolute atomic E-state index is 0.212. The van der Waals surface area contributed by atoms with E-state index >= 15 is 0 Å². The molecule has 1 N–H and O–H groups in total. The summed E-state index contributed by atoms with van der Waals surface area (Å²) in [6, 6.07) is 0.866. The van der Waals surface area contributed by atoms with Crippen molar-refractivity contribution in [2.24, 2.45) is 0 Å². The summed E-state index contributed by atoms with van der Waals surface area (Å²) in [4.78, 5) is 0. The fourth-order valence-corrected chi connectivity index (χ4v) is 1.92. The minimum atomic E-state index is -0.552. The van der Waals surface area contributed by atoms with Crippen molar-refractivity contribution in [2.45, 2.75) is 43.9 Å². The highest BCUT2D eigenvalue weighted by Crippen LogP contribution is 2.28. The first-order chi connectivity index (χ1) is 4.36. The van der Waals surface area contributed by atoms with Gasteiger partial charge >= 0.3 is 0 Å². The first-order valence-corrected chi connectivity index (χ1v) is 3.76. The summed E-state index contributed by atoms with van der Waals surface area (Å²) < 4.78 is 12.8. The van der Waals surface area contributed by atoms with Gasteiger partial charge in [-0.05, 0) is 25.7 Å². The molecule has 1 nitrogen and oxygen atoms in total. The predicted octanol–water partition coefficient (Wildman–Crippen LogP) is 1.24. The number of hydrogen-bond donors (Lipinski definition) is 1. The summed E-state index contributed by atoms with van der Waals surface area (Å²) in [5.41, 5.74) is 0. The molecule has 0 aromatic carbocycles. The molecule has 0 aromatic heterocycles. The maximum atomic E-state index is 12.8. The van der Waals surface area contributed by atoms with Crippen LogP contribution in [0.5, 0.6) is 0 Å². The molecule has 3 atom stereocenters. The maximum Gasteiger partial charge on any atom is 0.115 e. The number of halogens is 1. The van der Waals surface area contributed by atoms with E-state index < -0.39 is 6.17 Å². The molecule has 0 spiro atoms. The Balaban J connectivity index is 2.05. The topological polar surface area (TPSA) is 12.0 Å². The van der Waals surface area contributed by atoms with Crippen molar-refractivity contribution in [1.29, 1.82) is 0 Å². The third-order valence-electron chi connectivity index (χ3n) is 2.50. The molecule has 0 aromatic rings. The van der Waals surface area contributed by atoms with Crippen molar-refractivity contribution in [2.75, 3.05) is 0 Å². The van der Waals surface area contributed by atoms with Crippen LogP contribution in [0, 0.1) is 0 Å². The van der Waals surface area contributed by atoms with Crippen molar-refractivity contribution in [3.63, 3.8) is 0 Å². The Labute approximate surface area is 54.6 Å². The van der Waals surface area contributed by atoms with Crippen LogP contribution < -0.4 is 5.32 Å². The third-order valence-corrected chi connectivity index (χ3v) is 2.50. The van der Waals surface area contributed by atoms with Gasteiger partial charge in [-0.3, -0.25) is 0 Å². The molecule has 2 heteroatoms. The number of rotatable bonds is 0. The van der Waals surface area contributed by atoms with Gasteiger partial charge < -0.3 is 5.32 Å². The fourth-order valence-electron chi connectivity index (χ4n) is 1.92. The van der Waals surface area contributed by atoms with Crippen LogP contribution in [0.3, 0.4) is 0 Å². The lowest BCUT2D eigenvalue weighted by atomic mass is 10.0. The summed E-state index contributed by atoms with van der Waals surface area (Å²) >= 11 is 0. The molecule has 2 fully saturated rings. The molecule has 2 heterocycles. The Kier molecular flexibility index (Phi) is 1.22. The summed E-state index contributed by atoms with van der Waals surface area (Å²) in [5.74, 6) is 0. The van der Waals surface area contributed by atoms with Crippen LogP contribution in [-0.4, -0.2) is 18.3 Å². The molecule has 0 amide bonds. The summed E-state index contributed by atoms with van der Waals surface area (Å²) in [7, 11) is 0. The zero-order chi connectivity index (χ0) is 6.27. The van der Waals surface area contributed by atoms with E-state index in [2.05, 4.69) is 5.32 Å². The van der Waals surface area contributed by atoms with Crippen LogP contribution in [0.4, 0.5) is 4.39 Å². The van der Waals surface area contributed by atoms with Gasteiger partial charge in [0.15, 0.2) is 0 Å². The molecule has 52 valence electrons. The molecule has 2 saturated heterocycles. The van der Waals surface area contributed by atoms with Gasteiger partial charge in [-0.25, -0.2) is 4.39 Å². The van der Waals surface area contributed by atoms with Gasteiger partial charge in [0.05, 0.1) is 0 Å². The molecule has 2 rings (SSSR count). The van der Waals surface area contributed by atoms with Crippen LogP contribution in [0.25, 0.3) is 0 Å². The highest BCUT2D eigenvalue weighted by Gasteiger charge is 2.34. The van der Waals surface area contributed by atoms with Crippen LogP contribution >= 0.6 is 0 Å². The number of hydrogen-bond acceptors (Lipinski definition) is 1. The van der Waals surface area contributed by atoms with Gasteiger partial charge in [-0.1, -0.05) is 0 Å². The van der Waals surface area contributed by atoms with E-state index in [1.165, 1.54) is 6.42 Å². The Bertz CT molecular complexity index is 115. The normalized spacial score (nSPS) is 49.7. The van der Waals surface area contributed by atoms with Crippen LogP contribution in [0.2, 0.25) is 0 Å². The highest BCUT2D eigenvalue weighted by molar-refractivity contribution is 4.93. The average molecular weight is 129 g/mol. The second-order valence-electron chi connectivity index (χ2n) is 3.14. The zero-order valence-electron chi connectivity index (χ0n) is 5.44. The van der Waals surface area contributed by atoms with Crippen molar-refractivity contribution in [3.05, 3.63) is 0 Å². The lowest BCUT2D eigenvalue weighted by molar-refractivity contribution is 0.208. The average Bonchev–Trinajstić information content (AvgIpc) is 2.25. The molecule has 0 radical (unpaired) electrons. The monoisotopic (exact) mass is 129 g/mol. The Morgan fingerprint density at radius 3 is 2.67 bits per heavy atom. The zero-order valence-corrected chi connectivity index (χ0v) is 5.44. The van der Waals surface area contributed by atoms with Crippen molar-refractivity contribution >= 4 is 0 Å². The lowest BCUT2D eigenvalue weighted by Crippen LogP contribution is -2.41. The van der Waals surface area contributed by atoms with Gasteiger partial charge in [0.1, 0.15) is 6.17 Å². The molecule has 2 aliphatic heterocycles. The van der Waals surface area contributed by atoms with E-state index in [0.717, 1.165) is 19.3 Å². The second kappa shape index (κ2) is 1.94. The van der Waals surface area contributed by atoms with Crippen molar-refractivity contribution in [3.8, 4) is 0 Å². The van der Waals surface area contributed by atoms with Crippen LogP contribution in [0.1, 0.15) is 25.7 Å². The van der Waals surface area contributed by atoms with E-state index in [9.17, 15) is 4.39 Å². The van der Waals surface area contributed by atoms with Crippen LogP contribution in [-0.2, 0) is 0 Å². The minimum Gasteiger partial charge on any atom is -0.308 e. The van der Waals surface area contributed by atoms with Gasteiger partial charge in [-0.2, -0.15) is 0 Å². The first kappa shape index (κ1) is 5.66. The van der Waals surface area contributed by atoms with Gasteiger partial charge in [-0.15, -0.1) is 0 Å². The Hall–Kier alpha value is -0.110. The van der Waals surface area contributed by atoms with E-state index in [-0.39, 0.29) is 6.04 Å². The SMILES string of the molecule is F[C@H]1CC[C@@H]2CC[C@@H]1N2. The largest absolute Gasteiger partial charge is 0.308 e. The number of nitrogens with one attached hydrogen (secondary N) is 1. The van der Waals surface area contributed by atoms with Gasteiger partial charge in [0.25, 0.3) is 0 Å². The molecule has 0 aliphatic carbocycles. The van der Waals surface area contributed by atoms with Crippen molar-refractivity contribution < 1.29 is 4.39 Å². The van der Waals surface area contributed by atoms with Gasteiger partial charge in [0.2, 0.25) is 0 Å². The predicted molar refractivity (Wildman–Crippen MR) is 34.1 cm³/mol. The molecule has 9 heavy (non-hydrogen) atoms. The summed E-state index contributed by atoms with van der Waals surface area (Å²) in [6.07, 6.45) is 3.56. The Morgan fingerprint density at radius 2 is 1.89 bits per heavy atom. The van der Waals surface area contributed by atoms with E-state index in [0.29, 0.717) is 6.04 Å². The van der Waals surface area contributed by atoms with E-state index in [1.54, 1.807) is 0 Å². The number of fused-ring (bicyclic) bond motifs is 2. The van der Waals surface area contributed by atoms with E-state index in [4.69, 9.17) is 0 Å². The molecular formula is C7H12FN. The van der Waals surface area contributed by atoms with Crippen molar-refractivity contribution in [1.82, 2.24) is 5.32 Å². The standard InChI is InChI=1S/C7H12FN/c8-6-3-1-5-2-4-7(6)9-5/h5-7,9H,1-4H2/t5-,6+,7+/m1/s1. The molecule has 0 unspecified atom stereocenters. The fraction of sp³-hybridized carbons (Fsp3) is 1.00. The maximum absolute atomic E-state index is 12.8. The first-order valence-electron chi connectivity index (χ1n) is 3.76. The molecule has 2 bridgehead atoms. The highest BCUT2D eigenvalue weighted by atomic mass is 19.1. The smallest absolute Gasteiger partial charge is 0.115 e. The summed E-state index contributed by atoms with van der Waals surface area (Å²) in [5, 5.41) is 3.27.